The summed E-state index contributed by atoms with van der Waals surface area (Å²) in [5, 5.41) is 11.6. The smallest absolute Gasteiger partial charge is 0.358 e. The first-order valence-electron chi connectivity index (χ1n) is 9.11. The van der Waals surface area contributed by atoms with E-state index in [2.05, 4.69) is 21.8 Å². The number of nitrogens with zero attached hydrogens (tertiary/aromatic N) is 5. The van der Waals surface area contributed by atoms with E-state index in [1.807, 2.05) is 42.2 Å². The molecule has 0 bridgehead atoms. The molecule has 1 aliphatic rings. The summed E-state index contributed by atoms with van der Waals surface area (Å²) in [7, 11) is 0. The van der Waals surface area contributed by atoms with Gasteiger partial charge in [0.25, 0.3) is 0 Å². The number of aryl methyl sites for hydroxylation is 1. The van der Waals surface area contributed by atoms with Crippen LogP contribution in [0.1, 0.15) is 24.2 Å². The molecule has 3 aromatic rings. The van der Waals surface area contributed by atoms with Crippen LogP contribution in [0.3, 0.4) is 0 Å². The van der Waals surface area contributed by atoms with Crippen molar-refractivity contribution in [3.05, 3.63) is 75.7 Å². The Labute approximate surface area is 162 Å². The fourth-order valence-corrected chi connectivity index (χ4v) is 3.33. The van der Waals surface area contributed by atoms with E-state index in [0.29, 0.717) is 24.6 Å². The van der Waals surface area contributed by atoms with Crippen LogP contribution < -0.4 is 4.90 Å². The maximum absolute atomic E-state index is 11.6. The molecule has 0 unspecified atom stereocenters. The highest BCUT2D eigenvalue weighted by Crippen LogP contribution is 2.31. The molecule has 28 heavy (non-hydrogen) atoms. The number of rotatable bonds is 2. The Kier molecular flexibility index (Phi) is 4.77. The van der Waals surface area contributed by atoms with Gasteiger partial charge in [-0.15, -0.1) is 0 Å². The SMILES string of the molecule is Cc1cccc(C#CC=C2CCN(c3nc4ccccn4c3[N+](=O)[O-])CC2)n1. The summed E-state index contributed by atoms with van der Waals surface area (Å²) >= 11 is 0. The molecule has 0 aliphatic carbocycles. The van der Waals surface area contributed by atoms with Gasteiger partial charge in [0.05, 0.1) is 6.20 Å². The van der Waals surface area contributed by atoms with E-state index in [0.717, 1.165) is 24.2 Å². The van der Waals surface area contributed by atoms with Crippen molar-refractivity contribution in [2.45, 2.75) is 19.8 Å². The molecule has 0 atom stereocenters. The standard InChI is InChI=1S/C21H19N5O2/c1-16-6-4-8-18(22-16)9-5-7-17-11-14-24(15-12-17)20-21(26(27)28)25-13-3-2-10-19(25)23-20/h2-4,6-8,10,13H,11-12,14-15H2,1H3. The zero-order chi connectivity index (χ0) is 19.5. The third-order valence-electron chi connectivity index (χ3n) is 4.73. The number of hydrogen-bond donors (Lipinski definition) is 0. The normalized spacial score (nSPS) is 13.9. The van der Waals surface area contributed by atoms with Crippen LogP contribution in [-0.4, -0.2) is 32.4 Å². The molecule has 140 valence electrons. The number of imidazole rings is 1. The molecule has 4 rings (SSSR count). The van der Waals surface area contributed by atoms with Gasteiger partial charge in [-0.25, -0.2) is 4.98 Å². The largest absolute Gasteiger partial charge is 0.372 e. The molecule has 0 spiro atoms. The van der Waals surface area contributed by atoms with Crippen molar-refractivity contribution in [2.75, 3.05) is 18.0 Å². The van der Waals surface area contributed by atoms with Crippen molar-refractivity contribution in [1.82, 2.24) is 14.4 Å². The van der Waals surface area contributed by atoms with Crippen molar-refractivity contribution < 1.29 is 4.92 Å². The first-order valence-corrected chi connectivity index (χ1v) is 9.11. The fraction of sp³-hybridized carbons (Fsp3) is 0.238. The topological polar surface area (TPSA) is 76.6 Å². The second-order valence-electron chi connectivity index (χ2n) is 6.67. The van der Waals surface area contributed by atoms with E-state index in [1.165, 1.54) is 9.97 Å². The number of fused-ring (bicyclic) bond motifs is 1. The van der Waals surface area contributed by atoms with E-state index < -0.39 is 0 Å². The van der Waals surface area contributed by atoms with Crippen LogP contribution in [0.2, 0.25) is 0 Å². The van der Waals surface area contributed by atoms with Crippen molar-refractivity contribution in [2.24, 2.45) is 0 Å². The summed E-state index contributed by atoms with van der Waals surface area (Å²) in [4.78, 5) is 22.1. The number of piperidine rings is 1. The van der Waals surface area contributed by atoms with Gasteiger partial charge in [-0.1, -0.05) is 23.6 Å². The van der Waals surface area contributed by atoms with Gasteiger partial charge in [0.1, 0.15) is 5.69 Å². The molecule has 1 saturated heterocycles. The summed E-state index contributed by atoms with van der Waals surface area (Å²) < 4.78 is 1.53. The Bertz CT molecular complexity index is 1130. The van der Waals surface area contributed by atoms with Gasteiger partial charge in [0, 0.05) is 24.8 Å². The number of aromatic nitrogens is 3. The molecular formula is C21H19N5O2. The Balaban J connectivity index is 1.50. The zero-order valence-electron chi connectivity index (χ0n) is 15.5. The molecule has 0 N–H and O–H groups in total. The molecule has 3 aromatic heterocycles. The van der Waals surface area contributed by atoms with Crippen LogP contribution in [0, 0.1) is 28.9 Å². The molecule has 4 heterocycles. The lowest BCUT2D eigenvalue weighted by atomic mass is 10.0. The molecule has 0 saturated carbocycles. The van der Waals surface area contributed by atoms with Gasteiger partial charge >= 0.3 is 5.82 Å². The molecule has 0 amide bonds. The highest BCUT2D eigenvalue weighted by atomic mass is 16.6. The molecule has 0 aromatic carbocycles. The van der Waals surface area contributed by atoms with Crippen LogP contribution >= 0.6 is 0 Å². The molecule has 7 nitrogen and oxygen atoms in total. The Morgan fingerprint density at radius 1 is 1.14 bits per heavy atom. The van der Waals surface area contributed by atoms with Gasteiger partial charge < -0.3 is 15.0 Å². The van der Waals surface area contributed by atoms with Gasteiger partial charge in [0.15, 0.2) is 0 Å². The third-order valence-corrected chi connectivity index (χ3v) is 4.73. The Morgan fingerprint density at radius 3 is 2.71 bits per heavy atom. The molecule has 7 heteroatoms. The first-order chi connectivity index (χ1) is 13.6. The van der Waals surface area contributed by atoms with Crippen LogP contribution in [0.4, 0.5) is 11.6 Å². The second kappa shape index (κ2) is 7.53. The van der Waals surface area contributed by atoms with E-state index in [-0.39, 0.29) is 10.7 Å². The van der Waals surface area contributed by atoms with E-state index >= 15 is 0 Å². The molecule has 1 aliphatic heterocycles. The van der Waals surface area contributed by atoms with Crippen LogP contribution in [0.5, 0.6) is 0 Å². The third kappa shape index (κ3) is 3.58. The van der Waals surface area contributed by atoms with Crippen LogP contribution in [0.15, 0.2) is 54.2 Å². The summed E-state index contributed by atoms with van der Waals surface area (Å²) in [6, 6.07) is 11.2. The Morgan fingerprint density at radius 2 is 1.96 bits per heavy atom. The Hall–Kier alpha value is -3.66. The van der Waals surface area contributed by atoms with E-state index in [4.69, 9.17) is 0 Å². The highest BCUT2D eigenvalue weighted by molar-refractivity contribution is 5.64. The van der Waals surface area contributed by atoms with Crippen molar-refractivity contribution in [1.29, 1.82) is 0 Å². The summed E-state index contributed by atoms with van der Waals surface area (Å²) in [5.74, 6) is 6.60. The van der Waals surface area contributed by atoms with Crippen molar-refractivity contribution >= 4 is 17.3 Å². The highest BCUT2D eigenvalue weighted by Gasteiger charge is 2.28. The molecule has 0 radical (unpaired) electrons. The lowest BCUT2D eigenvalue weighted by Crippen LogP contribution is -2.31. The lowest BCUT2D eigenvalue weighted by molar-refractivity contribution is -0.389. The minimum absolute atomic E-state index is 0.0216. The second-order valence-corrected chi connectivity index (χ2v) is 6.67. The zero-order valence-corrected chi connectivity index (χ0v) is 15.5. The minimum atomic E-state index is -0.360. The van der Waals surface area contributed by atoms with Gasteiger partial charge in [-0.2, -0.15) is 9.38 Å². The lowest BCUT2D eigenvalue weighted by Gasteiger charge is -2.27. The number of pyridine rings is 2. The maximum atomic E-state index is 11.6. The van der Waals surface area contributed by atoms with Crippen molar-refractivity contribution in [3.63, 3.8) is 0 Å². The predicted octanol–water partition coefficient (Wildman–Crippen LogP) is 3.52. The summed E-state index contributed by atoms with van der Waals surface area (Å²) in [6.45, 7) is 3.31. The average molecular weight is 373 g/mol. The first kappa shape index (κ1) is 17.7. The average Bonchev–Trinajstić information content (AvgIpc) is 3.08. The molecular weight excluding hydrogens is 354 g/mol. The van der Waals surface area contributed by atoms with Crippen molar-refractivity contribution in [3.8, 4) is 11.8 Å². The number of nitro groups is 1. The van der Waals surface area contributed by atoms with Crippen LogP contribution in [-0.2, 0) is 0 Å². The predicted molar refractivity (Wildman–Crippen MR) is 107 cm³/mol. The number of hydrogen-bond acceptors (Lipinski definition) is 5. The number of anilines is 1. The van der Waals surface area contributed by atoms with Gasteiger partial charge in [0.2, 0.25) is 11.5 Å². The van der Waals surface area contributed by atoms with E-state index in [9.17, 15) is 10.1 Å². The summed E-state index contributed by atoms with van der Waals surface area (Å²) in [5.41, 5.74) is 3.53. The monoisotopic (exact) mass is 373 g/mol. The minimum Gasteiger partial charge on any atom is -0.358 e. The molecule has 1 fully saturated rings. The summed E-state index contributed by atoms with van der Waals surface area (Å²) in [6.07, 6.45) is 5.23. The number of allylic oxidation sites excluding steroid dienone is 1. The fourth-order valence-electron chi connectivity index (χ4n) is 3.33. The maximum Gasteiger partial charge on any atom is 0.372 e. The van der Waals surface area contributed by atoms with E-state index in [1.54, 1.807) is 18.3 Å². The van der Waals surface area contributed by atoms with Gasteiger partial charge in [-0.3, -0.25) is 0 Å². The van der Waals surface area contributed by atoms with Crippen LogP contribution in [0.25, 0.3) is 5.65 Å². The quantitative estimate of drug-likeness (QED) is 0.390. The van der Waals surface area contributed by atoms with Gasteiger partial charge in [-0.05, 0) is 54.9 Å².